The molecule has 0 radical (unpaired) electrons. The molecule has 7 heteroatoms. The smallest absolute Gasteiger partial charge is 0.222 e. The molecule has 1 aliphatic carbocycles. The molecule has 0 amide bonds. The minimum Gasteiger partial charge on any atom is -0.500 e. The SMILES string of the molecule is C=COCCNC1=C(Cl)C(=O)C(C#N)=C(C#N)C1=O. The van der Waals surface area contributed by atoms with E-state index in [4.69, 9.17) is 26.9 Å². The Morgan fingerprint density at radius 1 is 1.26 bits per heavy atom. The quantitative estimate of drug-likeness (QED) is 0.450. The lowest BCUT2D eigenvalue weighted by molar-refractivity contribution is -0.115. The zero-order valence-electron chi connectivity index (χ0n) is 9.70. The van der Waals surface area contributed by atoms with Crippen LogP contribution in [-0.4, -0.2) is 24.7 Å². The molecule has 0 saturated heterocycles. The summed E-state index contributed by atoms with van der Waals surface area (Å²) in [5.74, 6) is -1.62. The molecule has 0 saturated carbocycles. The second-order valence-corrected chi connectivity index (χ2v) is 3.66. The molecule has 0 bridgehead atoms. The van der Waals surface area contributed by atoms with Crippen molar-refractivity contribution in [1.29, 1.82) is 10.5 Å². The zero-order valence-corrected chi connectivity index (χ0v) is 10.5. The average molecular weight is 278 g/mol. The molecule has 0 atom stereocenters. The van der Waals surface area contributed by atoms with Crippen LogP contribution in [0.3, 0.4) is 0 Å². The van der Waals surface area contributed by atoms with Crippen molar-refractivity contribution in [1.82, 2.24) is 5.32 Å². The van der Waals surface area contributed by atoms with Crippen LogP contribution in [0.2, 0.25) is 0 Å². The van der Waals surface area contributed by atoms with Gasteiger partial charge in [-0.25, -0.2) is 0 Å². The third-order valence-electron chi connectivity index (χ3n) is 2.21. The van der Waals surface area contributed by atoms with Crippen molar-refractivity contribution in [3.8, 4) is 12.1 Å². The van der Waals surface area contributed by atoms with Crippen molar-refractivity contribution in [3.63, 3.8) is 0 Å². The minimum absolute atomic E-state index is 0.192. The van der Waals surface area contributed by atoms with Gasteiger partial charge < -0.3 is 10.1 Å². The highest BCUT2D eigenvalue weighted by Gasteiger charge is 2.34. The molecular weight excluding hydrogens is 270 g/mol. The number of nitrogens with one attached hydrogen (secondary N) is 1. The molecule has 96 valence electrons. The van der Waals surface area contributed by atoms with Gasteiger partial charge in [-0.2, -0.15) is 10.5 Å². The van der Waals surface area contributed by atoms with E-state index in [0.29, 0.717) is 0 Å². The van der Waals surface area contributed by atoms with Gasteiger partial charge in [0.15, 0.2) is 0 Å². The molecule has 0 aliphatic heterocycles. The summed E-state index contributed by atoms with van der Waals surface area (Å²) in [5, 5.41) is 19.8. The number of hydrogen-bond donors (Lipinski definition) is 1. The standard InChI is InChI=1S/C12H8ClN3O3/c1-2-19-4-3-16-10-9(13)11(17)7(5-14)8(6-15)12(10)18/h2,16H,1,3-4H2. The lowest BCUT2D eigenvalue weighted by Gasteiger charge is -2.15. The van der Waals surface area contributed by atoms with Gasteiger partial charge >= 0.3 is 0 Å². The van der Waals surface area contributed by atoms with E-state index < -0.39 is 27.7 Å². The third-order valence-corrected chi connectivity index (χ3v) is 2.57. The molecular formula is C12H8ClN3O3. The molecule has 0 fully saturated rings. The van der Waals surface area contributed by atoms with Crippen molar-refractivity contribution < 1.29 is 14.3 Å². The molecule has 0 aromatic rings. The van der Waals surface area contributed by atoms with Crippen LogP contribution in [0.25, 0.3) is 0 Å². The number of ether oxygens (including phenoxy) is 1. The predicted octanol–water partition coefficient (Wildman–Crippen LogP) is 0.682. The summed E-state index contributed by atoms with van der Waals surface area (Å²) < 4.78 is 4.83. The number of halogens is 1. The number of nitrogens with zero attached hydrogens (tertiary/aromatic N) is 2. The van der Waals surface area contributed by atoms with Gasteiger partial charge in [0.1, 0.15) is 40.6 Å². The van der Waals surface area contributed by atoms with Crippen LogP contribution in [0, 0.1) is 22.7 Å². The molecule has 19 heavy (non-hydrogen) atoms. The fourth-order valence-corrected chi connectivity index (χ4v) is 1.61. The Kier molecular flexibility index (Phi) is 4.87. The van der Waals surface area contributed by atoms with E-state index >= 15 is 0 Å². The highest BCUT2D eigenvalue weighted by molar-refractivity contribution is 6.50. The third kappa shape index (κ3) is 2.82. The summed E-state index contributed by atoms with van der Waals surface area (Å²) in [5.41, 5.74) is -1.25. The zero-order chi connectivity index (χ0) is 14.4. The van der Waals surface area contributed by atoms with Crippen molar-refractivity contribution >= 4 is 23.2 Å². The van der Waals surface area contributed by atoms with Gasteiger partial charge in [-0.15, -0.1) is 0 Å². The molecule has 0 aromatic heterocycles. The second-order valence-electron chi connectivity index (χ2n) is 3.29. The maximum atomic E-state index is 11.9. The van der Waals surface area contributed by atoms with E-state index in [0.717, 1.165) is 0 Å². The summed E-state index contributed by atoms with van der Waals surface area (Å²) in [6, 6.07) is 3.06. The topological polar surface area (TPSA) is 103 Å². The highest BCUT2D eigenvalue weighted by Crippen LogP contribution is 2.25. The first kappa shape index (κ1) is 14.5. The van der Waals surface area contributed by atoms with Crippen LogP contribution >= 0.6 is 11.6 Å². The van der Waals surface area contributed by atoms with Crippen molar-refractivity contribution in [3.05, 3.63) is 34.7 Å². The molecule has 1 aliphatic rings. The summed E-state index contributed by atoms with van der Waals surface area (Å²) in [6.45, 7) is 3.73. The molecule has 0 unspecified atom stereocenters. The molecule has 6 nitrogen and oxygen atoms in total. The number of ketones is 2. The monoisotopic (exact) mass is 277 g/mol. The van der Waals surface area contributed by atoms with Gasteiger partial charge in [-0.1, -0.05) is 18.2 Å². The average Bonchev–Trinajstić information content (AvgIpc) is 2.41. The van der Waals surface area contributed by atoms with E-state index in [-0.39, 0.29) is 18.8 Å². The Bertz CT molecular complexity index is 590. The largest absolute Gasteiger partial charge is 0.500 e. The van der Waals surface area contributed by atoms with Gasteiger partial charge in [-0.05, 0) is 0 Å². The first-order valence-electron chi connectivity index (χ1n) is 5.08. The molecule has 0 aromatic carbocycles. The number of Topliss-reactive ketones (excluding diaryl/α,β-unsaturated/α-hetero) is 2. The fourth-order valence-electron chi connectivity index (χ4n) is 1.36. The fraction of sp³-hybridized carbons (Fsp3) is 0.167. The van der Waals surface area contributed by atoms with E-state index in [1.165, 1.54) is 12.3 Å². The number of hydrogen-bond acceptors (Lipinski definition) is 6. The lowest BCUT2D eigenvalue weighted by atomic mass is 9.94. The Balaban J connectivity index is 3.01. The van der Waals surface area contributed by atoms with E-state index in [1.807, 2.05) is 0 Å². The highest BCUT2D eigenvalue weighted by atomic mass is 35.5. The van der Waals surface area contributed by atoms with Crippen LogP contribution in [0.15, 0.2) is 34.7 Å². The van der Waals surface area contributed by atoms with Crippen LogP contribution < -0.4 is 5.32 Å². The van der Waals surface area contributed by atoms with Crippen LogP contribution in [0.5, 0.6) is 0 Å². The molecule has 0 spiro atoms. The van der Waals surface area contributed by atoms with Crippen LogP contribution in [-0.2, 0) is 14.3 Å². The van der Waals surface area contributed by atoms with Gasteiger partial charge in [0, 0.05) is 6.54 Å². The number of carbonyl (C=O) groups excluding carboxylic acids is 2. The minimum atomic E-state index is -0.840. The number of allylic oxidation sites excluding steroid dienone is 3. The van der Waals surface area contributed by atoms with E-state index in [1.54, 1.807) is 6.07 Å². The first-order valence-corrected chi connectivity index (χ1v) is 5.46. The van der Waals surface area contributed by atoms with Crippen LogP contribution in [0.4, 0.5) is 0 Å². The Morgan fingerprint density at radius 3 is 2.37 bits per heavy atom. The summed E-state index contributed by atoms with van der Waals surface area (Å²) in [4.78, 5) is 23.6. The summed E-state index contributed by atoms with van der Waals surface area (Å²) in [6.07, 6.45) is 1.22. The maximum Gasteiger partial charge on any atom is 0.222 e. The number of carbonyl (C=O) groups is 2. The molecule has 1 rings (SSSR count). The number of nitriles is 2. The van der Waals surface area contributed by atoms with Gasteiger partial charge in [0.05, 0.1) is 6.26 Å². The van der Waals surface area contributed by atoms with Crippen molar-refractivity contribution in [2.24, 2.45) is 0 Å². The summed E-state index contributed by atoms with van der Waals surface area (Å²) >= 11 is 5.73. The Labute approximate surface area is 114 Å². The first-order chi connectivity index (χ1) is 9.08. The maximum absolute atomic E-state index is 11.9. The van der Waals surface area contributed by atoms with E-state index in [9.17, 15) is 9.59 Å². The Morgan fingerprint density at radius 2 is 1.84 bits per heavy atom. The Hall–Kier alpha value is -2.57. The second kappa shape index (κ2) is 6.39. The molecule has 1 N–H and O–H groups in total. The van der Waals surface area contributed by atoms with Crippen molar-refractivity contribution in [2.75, 3.05) is 13.2 Å². The normalized spacial score (nSPS) is 14.9. The predicted molar refractivity (Wildman–Crippen MR) is 65.3 cm³/mol. The van der Waals surface area contributed by atoms with E-state index in [2.05, 4.69) is 11.9 Å². The van der Waals surface area contributed by atoms with Gasteiger partial charge in [0.2, 0.25) is 11.6 Å². The lowest BCUT2D eigenvalue weighted by Crippen LogP contribution is -2.31. The van der Waals surface area contributed by atoms with Crippen LogP contribution in [0.1, 0.15) is 0 Å². The summed E-state index contributed by atoms with van der Waals surface area (Å²) in [7, 11) is 0. The molecule has 0 heterocycles. The van der Waals surface area contributed by atoms with Gasteiger partial charge in [0.25, 0.3) is 0 Å². The number of rotatable bonds is 5. The van der Waals surface area contributed by atoms with Crippen molar-refractivity contribution in [2.45, 2.75) is 0 Å². The van der Waals surface area contributed by atoms with Gasteiger partial charge in [-0.3, -0.25) is 9.59 Å².